The molecule has 4 aromatic rings. The minimum Gasteiger partial charge on any atom is -0.446 e. The second-order valence-electron chi connectivity index (χ2n) is 6.23. The summed E-state index contributed by atoms with van der Waals surface area (Å²) >= 11 is 0. The number of carbonyl (C=O) groups excluding carboxylic acids is 1. The monoisotopic (exact) mass is 358 g/mol. The fourth-order valence-electron chi connectivity index (χ4n) is 3.47. The Morgan fingerprint density at radius 2 is 2.15 bits per heavy atom. The van der Waals surface area contributed by atoms with Crippen LogP contribution in [-0.2, 0) is 6.54 Å². The van der Waals surface area contributed by atoms with Gasteiger partial charge >= 0.3 is 0 Å². The third-order valence-corrected chi connectivity index (χ3v) is 4.68. The first kappa shape index (κ1) is 15.4. The van der Waals surface area contributed by atoms with E-state index in [-0.39, 0.29) is 17.8 Å². The Hall–Kier alpha value is -3.81. The molecule has 1 aromatic carbocycles. The van der Waals surface area contributed by atoms with Gasteiger partial charge in [-0.25, -0.2) is 9.97 Å². The molecule has 1 aliphatic rings. The standard InChI is InChI=1S/C19H14N6O2/c26-19(18-22-10-23-24-18)25-9-14-6-12(13-2-1-5-20-7-13)3-4-15(14)17(25)16-8-21-11-27-16/h1-8,10-11,17H,9H2,(H,22,23,24). The molecule has 27 heavy (non-hydrogen) atoms. The fraction of sp³-hybridized carbons (Fsp3) is 0.105. The lowest BCUT2D eigenvalue weighted by molar-refractivity contribution is 0.0691. The SMILES string of the molecule is O=C(c1ncn[nH]1)N1Cc2cc(-c3cccnc3)ccc2C1c1cnco1. The molecule has 0 saturated heterocycles. The van der Waals surface area contributed by atoms with Gasteiger partial charge < -0.3 is 9.32 Å². The first-order valence-electron chi connectivity index (χ1n) is 8.39. The third-order valence-electron chi connectivity index (χ3n) is 4.68. The molecule has 0 aliphatic carbocycles. The summed E-state index contributed by atoms with van der Waals surface area (Å²) in [6.07, 6.45) is 7.89. The molecule has 3 aromatic heterocycles. The Bertz CT molecular complexity index is 1080. The van der Waals surface area contributed by atoms with Crippen LogP contribution in [0.25, 0.3) is 11.1 Å². The van der Waals surface area contributed by atoms with Crippen LogP contribution in [0.3, 0.4) is 0 Å². The maximum Gasteiger partial charge on any atom is 0.292 e. The molecule has 1 amide bonds. The van der Waals surface area contributed by atoms with Crippen molar-refractivity contribution in [3.63, 3.8) is 0 Å². The van der Waals surface area contributed by atoms with Crippen molar-refractivity contribution in [3.05, 3.63) is 84.4 Å². The Balaban J connectivity index is 1.58. The minimum atomic E-state index is -0.358. The predicted molar refractivity (Wildman–Crippen MR) is 94.3 cm³/mol. The summed E-state index contributed by atoms with van der Waals surface area (Å²) in [7, 11) is 0. The second-order valence-corrected chi connectivity index (χ2v) is 6.23. The van der Waals surface area contributed by atoms with E-state index in [4.69, 9.17) is 4.42 Å². The largest absolute Gasteiger partial charge is 0.446 e. The van der Waals surface area contributed by atoms with Gasteiger partial charge in [0.15, 0.2) is 12.2 Å². The summed E-state index contributed by atoms with van der Waals surface area (Å²) in [6, 6.07) is 9.70. The highest BCUT2D eigenvalue weighted by atomic mass is 16.3. The zero-order valence-corrected chi connectivity index (χ0v) is 14.1. The number of pyridine rings is 1. The number of hydrogen-bond donors (Lipinski definition) is 1. The average Bonchev–Trinajstić information content (AvgIpc) is 3.47. The topological polar surface area (TPSA) is 101 Å². The van der Waals surface area contributed by atoms with Gasteiger partial charge in [-0.05, 0) is 34.4 Å². The fourth-order valence-corrected chi connectivity index (χ4v) is 3.47. The number of fused-ring (bicyclic) bond motifs is 1. The Labute approximate surface area is 153 Å². The van der Waals surface area contributed by atoms with Crippen LogP contribution in [0.4, 0.5) is 0 Å². The molecule has 8 heteroatoms. The average molecular weight is 358 g/mol. The summed E-state index contributed by atoms with van der Waals surface area (Å²) in [5.74, 6) is 0.559. The van der Waals surface area contributed by atoms with Crippen molar-refractivity contribution in [1.82, 2.24) is 30.0 Å². The van der Waals surface area contributed by atoms with Crippen molar-refractivity contribution >= 4 is 5.91 Å². The maximum absolute atomic E-state index is 13.0. The molecule has 1 atom stereocenters. The van der Waals surface area contributed by atoms with Gasteiger partial charge in [0, 0.05) is 18.9 Å². The molecule has 0 bridgehead atoms. The predicted octanol–water partition coefficient (Wildman–Crippen LogP) is 2.60. The molecule has 0 radical (unpaired) electrons. The number of nitrogens with zero attached hydrogens (tertiary/aromatic N) is 5. The van der Waals surface area contributed by atoms with Crippen LogP contribution in [0.1, 0.15) is 33.5 Å². The lowest BCUT2D eigenvalue weighted by atomic mass is 9.98. The van der Waals surface area contributed by atoms with Crippen molar-refractivity contribution < 1.29 is 9.21 Å². The van der Waals surface area contributed by atoms with E-state index in [2.05, 4.69) is 31.2 Å². The van der Waals surface area contributed by atoms with E-state index in [1.807, 2.05) is 30.5 Å². The summed E-state index contributed by atoms with van der Waals surface area (Å²) in [5, 5.41) is 6.42. The highest BCUT2D eigenvalue weighted by molar-refractivity contribution is 5.91. The molecule has 8 nitrogen and oxygen atoms in total. The van der Waals surface area contributed by atoms with Crippen LogP contribution in [0.5, 0.6) is 0 Å². The summed E-state index contributed by atoms with van der Waals surface area (Å²) in [4.78, 5) is 26.8. The van der Waals surface area contributed by atoms with Gasteiger partial charge in [0.25, 0.3) is 5.91 Å². The molecule has 1 unspecified atom stereocenters. The number of rotatable bonds is 3. The summed E-state index contributed by atoms with van der Waals surface area (Å²) < 4.78 is 5.53. The van der Waals surface area contributed by atoms with Gasteiger partial charge in [0.05, 0.1) is 6.20 Å². The molecule has 1 N–H and O–H groups in total. The van der Waals surface area contributed by atoms with E-state index in [9.17, 15) is 4.79 Å². The van der Waals surface area contributed by atoms with E-state index in [0.29, 0.717) is 12.3 Å². The van der Waals surface area contributed by atoms with Crippen LogP contribution in [-0.4, -0.2) is 36.0 Å². The van der Waals surface area contributed by atoms with Crippen molar-refractivity contribution in [2.45, 2.75) is 12.6 Å². The van der Waals surface area contributed by atoms with E-state index in [1.165, 1.54) is 12.7 Å². The number of aromatic amines is 1. The third kappa shape index (κ3) is 2.58. The number of aromatic nitrogens is 5. The molecule has 0 fully saturated rings. The minimum absolute atomic E-state index is 0.194. The molecule has 1 aliphatic heterocycles. The molecule has 0 spiro atoms. The van der Waals surface area contributed by atoms with Gasteiger partial charge in [0.2, 0.25) is 5.82 Å². The van der Waals surface area contributed by atoms with Crippen molar-refractivity contribution in [3.8, 4) is 11.1 Å². The highest BCUT2D eigenvalue weighted by Crippen LogP contribution is 2.40. The molecule has 5 rings (SSSR count). The number of nitrogens with one attached hydrogen (secondary N) is 1. The van der Waals surface area contributed by atoms with Gasteiger partial charge in [0.1, 0.15) is 12.4 Å². The molecular weight excluding hydrogens is 344 g/mol. The van der Waals surface area contributed by atoms with Crippen LogP contribution in [0, 0.1) is 0 Å². The van der Waals surface area contributed by atoms with Gasteiger partial charge in [-0.15, -0.1) is 0 Å². The van der Waals surface area contributed by atoms with E-state index in [1.54, 1.807) is 17.3 Å². The van der Waals surface area contributed by atoms with E-state index < -0.39 is 0 Å². The van der Waals surface area contributed by atoms with Crippen LogP contribution < -0.4 is 0 Å². The molecule has 4 heterocycles. The first-order chi connectivity index (χ1) is 13.3. The quantitative estimate of drug-likeness (QED) is 0.604. The Morgan fingerprint density at radius 3 is 2.89 bits per heavy atom. The summed E-state index contributed by atoms with van der Waals surface area (Å²) in [6.45, 7) is 0.439. The lowest BCUT2D eigenvalue weighted by Crippen LogP contribution is -2.30. The summed E-state index contributed by atoms with van der Waals surface area (Å²) in [5.41, 5.74) is 4.13. The van der Waals surface area contributed by atoms with E-state index >= 15 is 0 Å². The zero-order chi connectivity index (χ0) is 18.2. The van der Waals surface area contributed by atoms with Gasteiger partial charge in [-0.1, -0.05) is 18.2 Å². The Morgan fingerprint density at radius 1 is 1.19 bits per heavy atom. The number of H-pyrrole nitrogens is 1. The van der Waals surface area contributed by atoms with Crippen molar-refractivity contribution in [2.24, 2.45) is 0 Å². The second kappa shape index (κ2) is 6.17. The number of carbonyl (C=O) groups is 1. The maximum atomic E-state index is 13.0. The number of hydrogen-bond acceptors (Lipinski definition) is 6. The Kier molecular flexibility index (Phi) is 3.53. The number of oxazole rings is 1. The van der Waals surface area contributed by atoms with Crippen LogP contribution in [0.15, 0.2) is 66.1 Å². The highest BCUT2D eigenvalue weighted by Gasteiger charge is 2.38. The smallest absolute Gasteiger partial charge is 0.292 e. The number of amides is 1. The molecular formula is C19H14N6O2. The van der Waals surface area contributed by atoms with Crippen molar-refractivity contribution in [1.29, 1.82) is 0 Å². The van der Waals surface area contributed by atoms with Crippen molar-refractivity contribution in [2.75, 3.05) is 0 Å². The van der Waals surface area contributed by atoms with E-state index in [0.717, 1.165) is 22.3 Å². The lowest BCUT2D eigenvalue weighted by Gasteiger charge is -2.22. The zero-order valence-electron chi connectivity index (χ0n) is 14.1. The van der Waals surface area contributed by atoms with Gasteiger partial charge in [-0.2, -0.15) is 5.10 Å². The van der Waals surface area contributed by atoms with Gasteiger partial charge in [-0.3, -0.25) is 14.9 Å². The number of benzene rings is 1. The van der Waals surface area contributed by atoms with Crippen LogP contribution in [0.2, 0.25) is 0 Å². The normalized spacial score (nSPS) is 15.7. The molecule has 132 valence electrons. The van der Waals surface area contributed by atoms with Crippen LogP contribution >= 0.6 is 0 Å². The molecule has 0 saturated carbocycles. The first-order valence-corrected chi connectivity index (χ1v) is 8.39.